The maximum atomic E-state index is 14.2. The van der Waals surface area contributed by atoms with Gasteiger partial charge in [0.2, 0.25) is 0 Å². The van der Waals surface area contributed by atoms with Crippen molar-refractivity contribution in [3.05, 3.63) is 138 Å². The Balaban J connectivity index is 1.66. The number of benzene rings is 4. The molecule has 1 N–H and O–H groups in total. The van der Waals surface area contributed by atoms with Gasteiger partial charge < -0.3 is 10.2 Å². The molecule has 0 spiro atoms. The molecule has 0 aliphatic heterocycles. The molecule has 166 valence electrons. The molecule has 0 unspecified atom stereocenters. The summed E-state index contributed by atoms with van der Waals surface area (Å²) in [5.74, 6) is -1.59. The zero-order valence-electron chi connectivity index (χ0n) is 18.0. The van der Waals surface area contributed by atoms with Gasteiger partial charge in [-0.1, -0.05) is 91.0 Å². The quantitative estimate of drug-likeness (QED) is 0.334. The lowest BCUT2D eigenvalue weighted by molar-refractivity contribution is 0.207. The minimum atomic E-state index is -0.814. The minimum absolute atomic E-state index is 0.0598. The first-order valence-corrected chi connectivity index (χ1v) is 10.7. The molecule has 0 aliphatic carbocycles. The molecule has 5 heteroatoms. The van der Waals surface area contributed by atoms with E-state index >= 15 is 0 Å². The van der Waals surface area contributed by atoms with Gasteiger partial charge in [-0.25, -0.2) is 13.6 Å². The smallest absolute Gasteiger partial charge is 0.319 e. The Morgan fingerprint density at radius 2 is 1.30 bits per heavy atom. The number of amides is 2. The number of nitrogens with zero attached hydrogens (tertiary/aromatic N) is 1. The molecule has 0 radical (unpaired) electrons. The second-order valence-corrected chi connectivity index (χ2v) is 7.79. The normalized spacial score (nSPS) is 10.8. The van der Waals surface area contributed by atoms with Crippen LogP contribution in [0.5, 0.6) is 0 Å². The number of hydrogen-bond donors (Lipinski definition) is 1. The standard InChI is InChI=1S/C28H24F2N2O/c29-24-16-17-27(26(30)18-24)31-28(33)32(19-21-10-4-1-5-11-21)20-25(22-12-6-2-7-13-22)23-14-8-3-9-15-23/h1-18,25H,19-20H2,(H,31,33). The number of rotatable bonds is 7. The first kappa shape index (κ1) is 22.2. The Kier molecular flexibility index (Phi) is 7.10. The van der Waals surface area contributed by atoms with Gasteiger partial charge in [-0.2, -0.15) is 0 Å². The van der Waals surface area contributed by atoms with Crippen molar-refractivity contribution in [1.82, 2.24) is 4.90 Å². The lowest BCUT2D eigenvalue weighted by Gasteiger charge is -2.29. The predicted molar refractivity (Wildman–Crippen MR) is 127 cm³/mol. The fourth-order valence-electron chi connectivity index (χ4n) is 3.80. The Morgan fingerprint density at radius 3 is 1.85 bits per heavy atom. The topological polar surface area (TPSA) is 32.3 Å². The monoisotopic (exact) mass is 442 g/mol. The summed E-state index contributed by atoms with van der Waals surface area (Å²) in [7, 11) is 0. The van der Waals surface area contributed by atoms with E-state index in [4.69, 9.17) is 0 Å². The minimum Gasteiger partial charge on any atom is -0.319 e. The highest BCUT2D eigenvalue weighted by atomic mass is 19.1. The number of anilines is 1. The van der Waals surface area contributed by atoms with Crippen LogP contribution in [0.3, 0.4) is 0 Å². The van der Waals surface area contributed by atoms with Gasteiger partial charge in [0.15, 0.2) is 0 Å². The summed E-state index contributed by atoms with van der Waals surface area (Å²) in [6, 6.07) is 32.2. The Labute approximate surface area is 192 Å². The molecule has 33 heavy (non-hydrogen) atoms. The van der Waals surface area contributed by atoms with Gasteiger partial charge in [-0.05, 0) is 28.8 Å². The molecule has 2 amide bonds. The molecule has 0 atom stereocenters. The first-order chi connectivity index (χ1) is 16.1. The maximum absolute atomic E-state index is 14.2. The molecular formula is C28H24F2N2O. The van der Waals surface area contributed by atoms with Crippen molar-refractivity contribution in [2.45, 2.75) is 12.5 Å². The van der Waals surface area contributed by atoms with Gasteiger partial charge in [0, 0.05) is 25.1 Å². The summed E-state index contributed by atoms with van der Waals surface area (Å²) in [6.07, 6.45) is 0. The number of nitrogens with one attached hydrogen (secondary N) is 1. The summed E-state index contributed by atoms with van der Waals surface area (Å²) in [4.78, 5) is 15.0. The van der Waals surface area contributed by atoms with E-state index in [-0.39, 0.29) is 11.6 Å². The van der Waals surface area contributed by atoms with E-state index in [0.717, 1.165) is 28.8 Å². The van der Waals surface area contributed by atoms with Gasteiger partial charge in [0.25, 0.3) is 0 Å². The van der Waals surface area contributed by atoms with Gasteiger partial charge in [-0.3, -0.25) is 0 Å². The zero-order chi connectivity index (χ0) is 23.0. The summed E-state index contributed by atoms with van der Waals surface area (Å²) in [6.45, 7) is 0.712. The van der Waals surface area contributed by atoms with Crippen LogP contribution in [0, 0.1) is 11.6 Å². The fraction of sp³-hybridized carbons (Fsp3) is 0.107. The van der Waals surface area contributed by atoms with Gasteiger partial charge in [0.05, 0.1) is 5.69 Å². The van der Waals surface area contributed by atoms with Crippen molar-refractivity contribution in [1.29, 1.82) is 0 Å². The average molecular weight is 443 g/mol. The summed E-state index contributed by atoms with van der Waals surface area (Å²) >= 11 is 0. The van der Waals surface area contributed by atoms with E-state index in [1.165, 1.54) is 6.07 Å². The highest BCUT2D eigenvalue weighted by molar-refractivity contribution is 5.89. The van der Waals surface area contributed by atoms with Crippen LogP contribution in [-0.4, -0.2) is 17.5 Å². The van der Waals surface area contributed by atoms with Crippen LogP contribution in [0.2, 0.25) is 0 Å². The molecular weight excluding hydrogens is 418 g/mol. The summed E-state index contributed by atoms with van der Waals surface area (Å²) < 4.78 is 27.5. The largest absolute Gasteiger partial charge is 0.322 e. The van der Waals surface area contributed by atoms with Crippen LogP contribution in [0.25, 0.3) is 0 Å². The molecule has 0 bridgehead atoms. The van der Waals surface area contributed by atoms with Crippen LogP contribution in [0.1, 0.15) is 22.6 Å². The number of carbonyl (C=O) groups is 1. The van der Waals surface area contributed by atoms with Crippen LogP contribution in [0.4, 0.5) is 19.3 Å². The summed E-state index contributed by atoms with van der Waals surface area (Å²) in [5, 5.41) is 2.61. The number of halogens is 2. The van der Waals surface area contributed by atoms with E-state index in [2.05, 4.69) is 5.32 Å². The molecule has 3 nitrogen and oxygen atoms in total. The summed E-state index contributed by atoms with van der Waals surface area (Å²) in [5.41, 5.74) is 3.03. The van der Waals surface area contributed by atoms with Crippen LogP contribution in [0.15, 0.2) is 109 Å². The Hall–Kier alpha value is -3.99. The van der Waals surface area contributed by atoms with Crippen molar-refractivity contribution in [2.75, 3.05) is 11.9 Å². The molecule has 0 heterocycles. The average Bonchev–Trinajstić information content (AvgIpc) is 2.85. The van der Waals surface area contributed by atoms with Gasteiger partial charge >= 0.3 is 6.03 Å². The third-order valence-electron chi connectivity index (χ3n) is 5.48. The Morgan fingerprint density at radius 1 is 0.758 bits per heavy atom. The molecule has 0 fully saturated rings. The van der Waals surface area contributed by atoms with Crippen molar-refractivity contribution in [2.24, 2.45) is 0 Å². The molecule has 0 saturated carbocycles. The molecule has 4 rings (SSSR count). The molecule has 0 aromatic heterocycles. The van der Waals surface area contributed by atoms with Crippen LogP contribution < -0.4 is 5.32 Å². The van der Waals surface area contributed by atoms with E-state index in [1.807, 2.05) is 91.0 Å². The Bertz CT molecular complexity index is 1140. The van der Waals surface area contributed by atoms with Crippen LogP contribution in [-0.2, 0) is 6.54 Å². The van der Waals surface area contributed by atoms with Crippen LogP contribution >= 0.6 is 0 Å². The van der Waals surface area contributed by atoms with Gasteiger partial charge in [-0.15, -0.1) is 0 Å². The van der Waals surface area contributed by atoms with E-state index in [0.29, 0.717) is 13.1 Å². The zero-order valence-corrected chi connectivity index (χ0v) is 18.0. The SMILES string of the molecule is O=C(Nc1ccc(F)cc1F)N(Cc1ccccc1)CC(c1ccccc1)c1ccccc1. The molecule has 4 aromatic rings. The van der Waals surface area contributed by atoms with E-state index in [1.54, 1.807) is 4.90 Å². The number of hydrogen-bond acceptors (Lipinski definition) is 1. The molecule has 0 aliphatic rings. The third-order valence-corrected chi connectivity index (χ3v) is 5.48. The predicted octanol–water partition coefficient (Wildman–Crippen LogP) is 6.83. The lowest BCUT2D eigenvalue weighted by atomic mass is 9.90. The van der Waals surface area contributed by atoms with Crippen molar-refractivity contribution in [3.8, 4) is 0 Å². The van der Waals surface area contributed by atoms with Crippen molar-refractivity contribution in [3.63, 3.8) is 0 Å². The first-order valence-electron chi connectivity index (χ1n) is 10.7. The van der Waals surface area contributed by atoms with Crippen molar-refractivity contribution >= 4 is 11.7 Å². The molecule has 0 saturated heterocycles. The lowest BCUT2D eigenvalue weighted by Crippen LogP contribution is -2.38. The second-order valence-electron chi connectivity index (χ2n) is 7.79. The highest BCUT2D eigenvalue weighted by Crippen LogP contribution is 2.27. The molecule has 4 aromatic carbocycles. The maximum Gasteiger partial charge on any atom is 0.322 e. The van der Waals surface area contributed by atoms with Crippen molar-refractivity contribution < 1.29 is 13.6 Å². The highest BCUT2D eigenvalue weighted by Gasteiger charge is 2.23. The second kappa shape index (κ2) is 10.6. The number of urea groups is 1. The fourth-order valence-corrected chi connectivity index (χ4v) is 3.80. The van der Waals surface area contributed by atoms with Gasteiger partial charge in [0.1, 0.15) is 11.6 Å². The third kappa shape index (κ3) is 5.83. The van der Waals surface area contributed by atoms with E-state index in [9.17, 15) is 13.6 Å². The number of carbonyl (C=O) groups excluding carboxylic acids is 1. The van der Waals surface area contributed by atoms with E-state index < -0.39 is 17.7 Å².